The molecule has 0 saturated carbocycles. The van der Waals surface area contributed by atoms with Gasteiger partial charge in [0.1, 0.15) is 5.75 Å². The molecule has 1 aromatic rings. The van der Waals surface area contributed by atoms with Gasteiger partial charge < -0.3 is 9.47 Å². The third-order valence-corrected chi connectivity index (χ3v) is 2.42. The first-order chi connectivity index (χ1) is 8.63. The van der Waals surface area contributed by atoms with Crippen molar-refractivity contribution in [1.29, 1.82) is 0 Å². The van der Waals surface area contributed by atoms with Crippen LogP contribution in [0.25, 0.3) is 0 Å². The van der Waals surface area contributed by atoms with Crippen molar-refractivity contribution in [3.8, 4) is 5.75 Å². The van der Waals surface area contributed by atoms with Crippen LogP contribution in [0.1, 0.15) is 47.9 Å². The van der Waals surface area contributed by atoms with Gasteiger partial charge in [-0.25, -0.2) is 4.79 Å². The Hall–Kier alpha value is -1.84. The van der Waals surface area contributed by atoms with Gasteiger partial charge in [-0.1, -0.05) is 6.92 Å². The third kappa shape index (κ3) is 3.32. The molecule has 0 aliphatic rings. The van der Waals surface area contributed by atoms with Crippen molar-refractivity contribution in [3.05, 3.63) is 29.3 Å². The molecule has 0 bridgehead atoms. The fourth-order valence-corrected chi connectivity index (χ4v) is 1.59. The van der Waals surface area contributed by atoms with Crippen molar-refractivity contribution < 1.29 is 19.1 Å². The summed E-state index contributed by atoms with van der Waals surface area (Å²) in [4.78, 5) is 23.6. The Labute approximate surface area is 107 Å². The molecule has 98 valence electrons. The zero-order chi connectivity index (χ0) is 13.5. The number of ether oxygens (including phenoxy) is 2. The van der Waals surface area contributed by atoms with Crippen molar-refractivity contribution in [2.24, 2.45) is 0 Å². The molecule has 0 unspecified atom stereocenters. The molecule has 1 aromatic carbocycles. The van der Waals surface area contributed by atoms with E-state index in [0.29, 0.717) is 24.3 Å². The molecule has 0 radical (unpaired) electrons. The molecule has 0 atom stereocenters. The highest BCUT2D eigenvalue weighted by Crippen LogP contribution is 2.20. The van der Waals surface area contributed by atoms with E-state index in [4.69, 9.17) is 9.47 Å². The number of rotatable bonds is 6. The molecule has 0 aliphatic carbocycles. The van der Waals surface area contributed by atoms with Crippen molar-refractivity contribution >= 4 is 11.8 Å². The summed E-state index contributed by atoms with van der Waals surface area (Å²) >= 11 is 0. The summed E-state index contributed by atoms with van der Waals surface area (Å²) < 4.78 is 10.3. The van der Waals surface area contributed by atoms with Crippen LogP contribution >= 0.6 is 0 Å². The summed E-state index contributed by atoms with van der Waals surface area (Å²) in [5.74, 6) is -0.00911. The Balaban J connectivity index is 3.17. The van der Waals surface area contributed by atoms with E-state index in [0.717, 1.165) is 0 Å². The van der Waals surface area contributed by atoms with Crippen LogP contribution in [0, 0.1) is 0 Å². The van der Waals surface area contributed by atoms with Crippen LogP contribution < -0.4 is 4.74 Å². The molecular weight excluding hydrogens is 232 g/mol. The van der Waals surface area contributed by atoms with E-state index in [1.54, 1.807) is 32.0 Å². The molecule has 0 N–H and O–H groups in total. The molecular formula is C14H18O4. The molecule has 4 nitrogen and oxygen atoms in total. The van der Waals surface area contributed by atoms with Gasteiger partial charge >= 0.3 is 5.97 Å². The van der Waals surface area contributed by atoms with E-state index >= 15 is 0 Å². The fourth-order valence-electron chi connectivity index (χ4n) is 1.59. The van der Waals surface area contributed by atoms with Crippen molar-refractivity contribution in [2.75, 3.05) is 13.2 Å². The minimum atomic E-state index is -0.490. The molecule has 0 saturated heterocycles. The van der Waals surface area contributed by atoms with Gasteiger partial charge in [0.05, 0.1) is 18.8 Å². The Bertz CT molecular complexity index is 437. The molecule has 0 heterocycles. The van der Waals surface area contributed by atoms with Crippen LogP contribution in [0.5, 0.6) is 5.75 Å². The van der Waals surface area contributed by atoms with Crippen LogP contribution in [0.3, 0.4) is 0 Å². The van der Waals surface area contributed by atoms with Crippen molar-refractivity contribution in [3.63, 3.8) is 0 Å². The van der Waals surface area contributed by atoms with E-state index in [1.807, 2.05) is 6.92 Å². The van der Waals surface area contributed by atoms with Crippen molar-refractivity contribution in [2.45, 2.75) is 27.2 Å². The normalized spacial score (nSPS) is 9.94. The number of carbonyl (C=O) groups is 2. The number of benzene rings is 1. The number of carbonyl (C=O) groups excluding carboxylic acids is 2. The lowest BCUT2D eigenvalue weighted by Gasteiger charge is -2.10. The third-order valence-electron chi connectivity index (χ3n) is 2.42. The zero-order valence-electron chi connectivity index (χ0n) is 11.0. The van der Waals surface area contributed by atoms with Gasteiger partial charge in [-0.15, -0.1) is 0 Å². The second-order valence-electron chi connectivity index (χ2n) is 3.64. The standard InChI is InChI=1S/C14H18O4/c1-4-13(15)11-8-7-10(17-5-2)9-12(11)14(16)18-6-3/h7-9H,4-6H2,1-3H3. The highest BCUT2D eigenvalue weighted by Gasteiger charge is 2.18. The first kappa shape index (κ1) is 14.2. The minimum Gasteiger partial charge on any atom is -0.494 e. The van der Waals surface area contributed by atoms with Gasteiger partial charge in [0.25, 0.3) is 0 Å². The fraction of sp³-hybridized carbons (Fsp3) is 0.429. The Kier molecular flexibility index (Phi) is 5.36. The Morgan fingerprint density at radius 1 is 1.06 bits per heavy atom. The smallest absolute Gasteiger partial charge is 0.338 e. The molecule has 4 heteroatoms. The van der Waals surface area contributed by atoms with Gasteiger partial charge in [0, 0.05) is 12.0 Å². The number of esters is 1. The van der Waals surface area contributed by atoms with Crippen molar-refractivity contribution in [1.82, 2.24) is 0 Å². The lowest BCUT2D eigenvalue weighted by Crippen LogP contribution is -2.12. The molecule has 0 spiro atoms. The summed E-state index contributed by atoms with van der Waals surface area (Å²) in [6, 6.07) is 4.86. The topological polar surface area (TPSA) is 52.6 Å². The molecule has 0 aromatic heterocycles. The highest BCUT2D eigenvalue weighted by molar-refractivity contribution is 6.06. The van der Waals surface area contributed by atoms with Crippen LogP contribution in [0.15, 0.2) is 18.2 Å². The van der Waals surface area contributed by atoms with Crippen LogP contribution in [0.2, 0.25) is 0 Å². The van der Waals surface area contributed by atoms with Gasteiger partial charge in [0.2, 0.25) is 0 Å². The maximum absolute atomic E-state index is 11.8. The first-order valence-corrected chi connectivity index (χ1v) is 6.11. The quantitative estimate of drug-likeness (QED) is 0.575. The van der Waals surface area contributed by atoms with Crippen LogP contribution in [-0.4, -0.2) is 25.0 Å². The number of hydrogen-bond acceptors (Lipinski definition) is 4. The molecule has 0 aliphatic heterocycles. The highest BCUT2D eigenvalue weighted by atomic mass is 16.5. The van der Waals surface area contributed by atoms with E-state index in [-0.39, 0.29) is 18.0 Å². The number of ketones is 1. The minimum absolute atomic E-state index is 0.0823. The lowest BCUT2D eigenvalue weighted by molar-refractivity contribution is 0.0522. The Morgan fingerprint density at radius 3 is 2.33 bits per heavy atom. The van der Waals surface area contributed by atoms with Gasteiger partial charge in [0.15, 0.2) is 5.78 Å². The largest absolute Gasteiger partial charge is 0.494 e. The first-order valence-electron chi connectivity index (χ1n) is 6.11. The predicted octanol–water partition coefficient (Wildman–Crippen LogP) is 2.85. The maximum atomic E-state index is 11.8. The summed E-state index contributed by atoms with van der Waals surface area (Å²) in [5, 5.41) is 0. The monoisotopic (exact) mass is 250 g/mol. The van der Waals surface area contributed by atoms with E-state index in [9.17, 15) is 9.59 Å². The summed E-state index contributed by atoms with van der Waals surface area (Å²) in [5.41, 5.74) is 0.661. The number of hydrogen-bond donors (Lipinski definition) is 0. The van der Waals surface area contributed by atoms with E-state index in [2.05, 4.69) is 0 Å². The molecule has 0 fully saturated rings. The molecule has 18 heavy (non-hydrogen) atoms. The van der Waals surface area contributed by atoms with E-state index < -0.39 is 5.97 Å². The van der Waals surface area contributed by atoms with E-state index in [1.165, 1.54) is 0 Å². The van der Waals surface area contributed by atoms with Crippen LogP contribution in [0.4, 0.5) is 0 Å². The Morgan fingerprint density at radius 2 is 1.78 bits per heavy atom. The summed E-state index contributed by atoms with van der Waals surface area (Å²) in [6.45, 7) is 6.12. The summed E-state index contributed by atoms with van der Waals surface area (Å²) in [6.07, 6.45) is 0.348. The second-order valence-corrected chi connectivity index (χ2v) is 3.64. The average molecular weight is 250 g/mol. The predicted molar refractivity (Wildman–Crippen MR) is 68.2 cm³/mol. The van der Waals surface area contributed by atoms with Gasteiger partial charge in [-0.05, 0) is 32.0 Å². The number of Topliss-reactive ketones (excluding diaryl/α,β-unsaturated/α-hetero) is 1. The second kappa shape index (κ2) is 6.79. The van der Waals surface area contributed by atoms with Gasteiger partial charge in [-0.3, -0.25) is 4.79 Å². The van der Waals surface area contributed by atoms with Crippen LogP contribution in [-0.2, 0) is 4.74 Å². The molecule has 1 rings (SSSR count). The zero-order valence-corrected chi connectivity index (χ0v) is 11.0. The van der Waals surface area contributed by atoms with Gasteiger partial charge in [-0.2, -0.15) is 0 Å². The molecule has 0 amide bonds. The SMILES string of the molecule is CCOC(=O)c1cc(OCC)ccc1C(=O)CC. The average Bonchev–Trinajstić information content (AvgIpc) is 2.38. The maximum Gasteiger partial charge on any atom is 0.338 e. The lowest BCUT2D eigenvalue weighted by atomic mass is 10.0. The summed E-state index contributed by atoms with van der Waals surface area (Å²) in [7, 11) is 0.